The van der Waals surface area contributed by atoms with E-state index < -0.39 is 10.0 Å². The number of nitrogens with zero attached hydrogens (tertiary/aromatic N) is 1. The van der Waals surface area contributed by atoms with Crippen molar-refractivity contribution < 1.29 is 22.7 Å². The molecule has 148 valence electrons. The average molecular weight is 415 g/mol. The highest BCUT2D eigenvalue weighted by Gasteiger charge is 2.32. The number of ether oxygens (including phenoxy) is 1. The third-order valence-electron chi connectivity index (χ3n) is 4.70. The standard InChI is InChI=1S/C18H23ClN2O5S/c1-2-26-18(23)13-4-3-9-21(11-13)17(22)12-5-8-15(19)16(10-12)27(24,25)20-14-6-7-14/h5,8,10,13-14,20H,2-4,6-7,9,11H2,1H3. The predicted octanol–water partition coefficient (Wildman–Crippen LogP) is 2.20. The number of benzene rings is 1. The zero-order valence-corrected chi connectivity index (χ0v) is 16.7. The second kappa shape index (κ2) is 8.16. The fourth-order valence-corrected chi connectivity index (χ4v) is 4.95. The van der Waals surface area contributed by atoms with Crippen LogP contribution < -0.4 is 4.72 Å². The predicted molar refractivity (Wildman–Crippen MR) is 100 cm³/mol. The highest BCUT2D eigenvalue weighted by atomic mass is 35.5. The van der Waals surface area contributed by atoms with Gasteiger partial charge in [-0.2, -0.15) is 0 Å². The van der Waals surface area contributed by atoms with Crippen molar-refractivity contribution in [3.8, 4) is 0 Å². The SMILES string of the molecule is CCOC(=O)C1CCCN(C(=O)c2ccc(Cl)c(S(=O)(=O)NC3CC3)c2)C1. The number of rotatable bonds is 6. The summed E-state index contributed by atoms with van der Waals surface area (Å²) in [5.41, 5.74) is 0.236. The molecule has 1 aromatic rings. The van der Waals surface area contributed by atoms with Crippen LogP contribution in [0.25, 0.3) is 0 Å². The number of esters is 1. The highest BCUT2D eigenvalue weighted by Crippen LogP contribution is 2.28. The van der Waals surface area contributed by atoms with Crippen LogP contribution in [0.5, 0.6) is 0 Å². The van der Waals surface area contributed by atoms with Crippen LogP contribution in [0.4, 0.5) is 0 Å². The van der Waals surface area contributed by atoms with Crippen molar-refractivity contribution in [2.24, 2.45) is 5.92 Å². The molecule has 2 fully saturated rings. The second-order valence-electron chi connectivity index (χ2n) is 6.88. The van der Waals surface area contributed by atoms with Gasteiger partial charge in [0, 0.05) is 24.7 Å². The summed E-state index contributed by atoms with van der Waals surface area (Å²) in [5.74, 6) is -0.971. The summed E-state index contributed by atoms with van der Waals surface area (Å²) >= 11 is 6.07. The van der Waals surface area contributed by atoms with Gasteiger partial charge < -0.3 is 9.64 Å². The molecule has 1 amide bonds. The van der Waals surface area contributed by atoms with Crippen molar-refractivity contribution in [2.75, 3.05) is 19.7 Å². The Kier molecular flexibility index (Phi) is 6.08. The zero-order chi connectivity index (χ0) is 19.6. The third-order valence-corrected chi connectivity index (χ3v) is 6.70. The zero-order valence-electron chi connectivity index (χ0n) is 15.1. The molecule has 0 bridgehead atoms. The fraction of sp³-hybridized carbons (Fsp3) is 0.556. The molecule has 1 N–H and O–H groups in total. The van der Waals surface area contributed by atoms with Gasteiger partial charge in [-0.15, -0.1) is 0 Å². The summed E-state index contributed by atoms with van der Waals surface area (Å²) in [7, 11) is -3.77. The molecule has 1 aliphatic heterocycles. The van der Waals surface area contributed by atoms with Gasteiger partial charge in [0.1, 0.15) is 4.90 Å². The Morgan fingerprint density at radius 2 is 2.04 bits per heavy atom. The van der Waals surface area contributed by atoms with E-state index in [0.29, 0.717) is 26.0 Å². The topological polar surface area (TPSA) is 92.8 Å². The Balaban J connectivity index is 1.78. The molecule has 1 saturated carbocycles. The molecule has 9 heteroatoms. The van der Waals surface area contributed by atoms with Gasteiger partial charge in [-0.25, -0.2) is 13.1 Å². The van der Waals surface area contributed by atoms with Crippen LogP contribution in [0.1, 0.15) is 43.0 Å². The van der Waals surface area contributed by atoms with Gasteiger partial charge >= 0.3 is 5.97 Å². The number of piperidine rings is 1. The van der Waals surface area contributed by atoms with Crippen molar-refractivity contribution in [3.63, 3.8) is 0 Å². The molecule has 0 aromatic heterocycles. The number of hydrogen-bond donors (Lipinski definition) is 1. The summed E-state index contributed by atoms with van der Waals surface area (Å²) in [6.45, 7) is 2.83. The molecule has 1 aromatic carbocycles. The largest absolute Gasteiger partial charge is 0.466 e. The number of hydrogen-bond acceptors (Lipinski definition) is 5. The monoisotopic (exact) mass is 414 g/mol. The Hall–Kier alpha value is -1.64. The average Bonchev–Trinajstić information content (AvgIpc) is 3.45. The van der Waals surface area contributed by atoms with E-state index in [2.05, 4.69) is 4.72 Å². The van der Waals surface area contributed by atoms with E-state index in [4.69, 9.17) is 16.3 Å². The van der Waals surface area contributed by atoms with Gasteiger partial charge in [0.25, 0.3) is 5.91 Å². The Labute approximate surface area is 164 Å². The first kappa shape index (κ1) is 20.1. The third kappa shape index (κ3) is 4.80. The molecule has 1 heterocycles. The van der Waals surface area contributed by atoms with E-state index in [1.54, 1.807) is 11.8 Å². The second-order valence-corrected chi connectivity index (χ2v) is 8.97. The number of amides is 1. The molecule has 1 saturated heterocycles. The van der Waals surface area contributed by atoms with Gasteiger partial charge in [-0.3, -0.25) is 9.59 Å². The summed E-state index contributed by atoms with van der Waals surface area (Å²) in [5, 5.41) is 0.0720. The molecule has 2 aliphatic rings. The van der Waals surface area contributed by atoms with Crippen LogP contribution in [0.2, 0.25) is 5.02 Å². The van der Waals surface area contributed by atoms with Crippen molar-refractivity contribution in [1.82, 2.24) is 9.62 Å². The molecule has 7 nitrogen and oxygen atoms in total. The Bertz CT molecular complexity index is 838. The van der Waals surface area contributed by atoms with E-state index in [0.717, 1.165) is 12.8 Å². The molecule has 1 atom stereocenters. The van der Waals surface area contributed by atoms with Gasteiger partial charge in [0.05, 0.1) is 17.5 Å². The summed E-state index contributed by atoms with van der Waals surface area (Å²) in [6, 6.07) is 4.18. The summed E-state index contributed by atoms with van der Waals surface area (Å²) in [4.78, 5) is 26.3. The smallest absolute Gasteiger partial charge is 0.310 e. The number of halogens is 1. The summed E-state index contributed by atoms with van der Waals surface area (Å²) in [6.07, 6.45) is 2.97. The number of likely N-dealkylation sites (tertiary alicyclic amines) is 1. The molecular weight excluding hydrogens is 392 g/mol. The van der Waals surface area contributed by atoms with Crippen molar-refractivity contribution in [1.29, 1.82) is 0 Å². The summed E-state index contributed by atoms with van der Waals surface area (Å²) < 4.78 is 32.6. The molecule has 1 aliphatic carbocycles. The van der Waals surface area contributed by atoms with Crippen LogP contribution in [0.3, 0.4) is 0 Å². The number of carbonyl (C=O) groups excluding carboxylic acids is 2. The van der Waals surface area contributed by atoms with Gasteiger partial charge in [0.15, 0.2) is 0 Å². The Morgan fingerprint density at radius 1 is 1.30 bits per heavy atom. The number of nitrogens with one attached hydrogen (secondary N) is 1. The van der Waals surface area contributed by atoms with Crippen molar-refractivity contribution >= 4 is 33.5 Å². The van der Waals surface area contributed by atoms with Crippen LogP contribution in [-0.2, 0) is 19.6 Å². The minimum atomic E-state index is -3.77. The first-order chi connectivity index (χ1) is 12.8. The van der Waals surface area contributed by atoms with E-state index in [9.17, 15) is 18.0 Å². The van der Waals surface area contributed by atoms with E-state index in [1.807, 2.05) is 0 Å². The minimum absolute atomic E-state index is 0.0575. The maximum Gasteiger partial charge on any atom is 0.310 e. The molecule has 0 radical (unpaired) electrons. The van der Waals surface area contributed by atoms with E-state index in [-0.39, 0.29) is 45.9 Å². The van der Waals surface area contributed by atoms with E-state index in [1.165, 1.54) is 18.2 Å². The Morgan fingerprint density at radius 3 is 2.70 bits per heavy atom. The lowest BCUT2D eigenvalue weighted by molar-refractivity contribution is -0.149. The minimum Gasteiger partial charge on any atom is -0.466 e. The number of sulfonamides is 1. The van der Waals surface area contributed by atoms with Crippen molar-refractivity contribution in [2.45, 2.75) is 43.5 Å². The van der Waals surface area contributed by atoms with E-state index >= 15 is 0 Å². The lowest BCUT2D eigenvalue weighted by Gasteiger charge is -2.31. The first-order valence-corrected chi connectivity index (χ1v) is 11.0. The molecule has 0 spiro atoms. The highest BCUT2D eigenvalue weighted by molar-refractivity contribution is 7.89. The molecule has 3 rings (SSSR count). The van der Waals surface area contributed by atoms with Gasteiger partial charge in [-0.05, 0) is 50.8 Å². The maximum absolute atomic E-state index is 12.9. The quantitative estimate of drug-likeness (QED) is 0.720. The van der Waals surface area contributed by atoms with Crippen LogP contribution in [0, 0.1) is 5.92 Å². The molecule has 27 heavy (non-hydrogen) atoms. The molecule has 1 unspecified atom stereocenters. The van der Waals surface area contributed by atoms with Crippen LogP contribution >= 0.6 is 11.6 Å². The maximum atomic E-state index is 12.9. The number of carbonyl (C=O) groups is 2. The first-order valence-electron chi connectivity index (χ1n) is 9.09. The fourth-order valence-electron chi connectivity index (χ4n) is 3.12. The lowest BCUT2D eigenvalue weighted by atomic mass is 9.97. The van der Waals surface area contributed by atoms with Gasteiger partial charge in [0.2, 0.25) is 10.0 Å². The van der Waals surface area contributed by atoms with Crippen molar-refractivity contribution in [3.05, 3.63) is 28.8 Å². The lowest BCUT2D eigenvalue weighted by Crippen LogP contribution is -2.42. The molecular formula is C18H23ClN2O5S. The normalized spacial score (nSPS) is 20.4. The van der Waals surface area contributed by atoms with Crippen LogP contribution in [-0.4, -0.2) is 50.9 Å². The van der Waals surface area contributed by atoms with Gasteiger partial charge in [-0.1, -0.05) is 11.6 Å². The van der Waals surface area contributed by atoms with Crippen LogP contribution in [0.15, 0.2) is 23.1 Å².